The average molecular weight is 321 g/mol. The molecule has 0 fully saturated rings. The second-order valence-corrected chi connectivity index (χ2v) is 5.17. The normalized spacial score (nSPS) is 10.4. The summed E-state index contributed by atoms with van der Waals surface area (Å²) in [6.07, 6.45) is 0. The van der Waals surface area contributed by atoms with Crippen LogP contribution in [0.4, 0.5) is 5.95 Å². The Morgan fingerprint density at radius 2 is 2.09 bits per heavy atom. The average Bonchev–Trinajstić information content (AvgIpc) is 2.47. The predicted octanol–water partition coefficient (Wildman–Crippen LogP) is 2.27. The van der Waals surface area contributed by atoms with Crippen LogP contribution in [0.25, 0.3) is 0 Å². The number of anilines is 1. The second kappa shape index (κ2) is 6.62. The van der Waals surface area contributed by atoms with E-state index in [1.165, 1.54) is 0 Å². The van der Waals surface area contributed by atoms with Crippen molar-refractivity contribution in [3.05, 3.63) is 45.7 Å². The molecule has 0 bridgehead atoms. The first-order valence-electron chi connectivity index (χ1n) is 6.66. The number of nitrogens with one attached hydrogen (secondary N) is 1. The molecule has 3 N–H and O–H groups in total. The second-order valence-electron chi connectivity index (χ2n) is 4.77. The molecule has 116 valence electrons. The number of benzene rings is 1. The topological polar surface area (TPSA) is 90.1 Å². The van der Waals surface area contributed by atoms with Gasteiger partial charge in [-0.3, -0.25) is 4.79 Å². The summed E-state index contributed by atoms with van der Waals surface area (Å²) in [5, 5.41) is 3.23. The van der Waals surface area contributed by atoms with E-state index >= 15 is 0 Å². The lowest BCUT2D eigenvalue weighted by Crippen LogP contribution is -2.23. The number of rotatable bonds is 4. The summed E-state index contributed by atoms with van der Waals surface area (Å²) >= 11 is 5.98. The number of aryl methyl sites for hydroxylation is 2. The lowest BCUT2D eigenvalue weighted by Gasteiger charge is -2.12. The number of amides is 1. The summed E-state index contributed by atoms with van der Waals surface area (Å²) < 4.78 is 5.69. The molecule has 2 rings (SSSR count). The Labute approximate surface area is 133 Å². The molecule has 0 saturated carbocycles. The Kier molecular flexibility index (Phi) is 4.82. The van der Waals surface area contributed by atoms with Crippen LogP contribution in [0.2, 0.25) is 5.02 Å². The molecule has 2 aromatic rings. The van der Waals surface area contributed by atoms with Crippen molar-refractivity contribution >= 4 is 23.5 Å². The fourth-order valence-corrected chi connectivity index (χ4v) is 2.16. The van der Waals surface area contributed by atoms with Gasteiger partial charge in [0.05, 0.1) is 17.0 Å². The highest BCUT2D eigenvalue weighted by atomic mass is 35.5. The monoisotopic (exact) mass is 320 g/mol. The predicted molar refractivity (Wildman–Crippen MR) is 85.1 cm³/mol. The van der Waals surface area contributed by atoms with Crippen molar-refractivity contribution < 1.29 is 9.53 Å². The molecular weight excluding hydrogens is 304 g/mol. The highest BCUT2D eigenvalue weighted by Gasteiger charge is 2.17. The number of nitrogens with two attached hydrogens (primary N) is 1. The van der Waals surface area contributed by atoms with Gasteiger partial charge in [-0.2, -0.15) is 0 Å². The number of ether oxygens (including phenoxy) is 1. The maximum absolute atomic E-state index is 12.0. The van der Waals surface area contributed by atoms with E-state index in [0.717, 1.165) is 5.56 Å². The first-order chi connectivity index (χ1) is 10.4. The molecule has 0 atom stereocenters. The number of hydrogen-bond acceptors (Lipinski definition) is 5. The van der Waals surface area contributed by atoms with E-state index in [4.69, 9.17) is 22.1 Å². The number of nitrogen functional groups attached to an aromatic ring is 1. The largest absolute Gasteiger partial charge is 0.487 e. The van der Waals surface area contributed by atoms with Crippen molar-refractivity contribution in [2.75, 3.05) is 12.8 Å². The highest BCUT2D eigenvalue weighted by molar-refractivity contribution is 6.31. The van der Waals surface area contributed by atoms with Gasteiger partial charge in [0.1, 0.15) is 12.4 Å². The summed E-state index contributed by atoms with van der Waals surface area (Å²) in [6, 6.07) is 5.33. The van der Waals surface area contributed by atoms with Gasteiger partial charge in [0.15, 0.2) is 0 Å². The van der Waals surface area contributed by atoms with Gasteiger partial charge in [0.25, 0.3) is 5.91 Å². The zero-order valence-electron chi connectivity index (χ0n) is 12.6. The van der Waals surface area contributed by atoms with Gasteiger partial charge in [0.2, 0.25) is 5.95 Å². The van der Waals surface area contributed by atoms with Crippen molar-refractivity contribution in [3.63, 3.8) is 0 Å². The number of carbonyl (C=O) groups is 1. The first kappa shape index (κ1) is 16.0. The van der Waals surface area contributed by atoms with Crippen LogP contribution in [0, 0.1) is 13.8 Å². The zero-order valence-corrected chi connectivity index (χ0v) is 13.4. The lowest BCUT2D eigenvalue weighted by atomic mass is 10.1. The SMILES string of the molecule is CNC(=O)c1c(C)nc(N)nc1COc1ccc(Cl)c(C)c1. The van der Waals surface area contributed by atoms with Gasteiger partial charge < -0.3 is 15.8 Å². The maximum Gasteiger partial charge on any atom is 0.254 e. The van der Waals surface area contributed by atoms with E-state index in [0.29, 0.717) is 27.7 Å². The van der Waals surface area contributed by atoms with Gasteiger partial charge in [-0.15, -0.1) is 0 Å². The molecule has 7 heteroatoms. The maximum atomic E-state index is 12.0. The fourth-order valence-electron chi connectivity index (χ4n) is 2.04. The van der Waals surface area contributed by atoms with E-state index < -0.39 is 0 Å². The van der Waals surface area contributed by atoms with Gasteiger partial charge in [-0.1, -0.05) is 11.6 Å². The molecule has 0 aliphatic heterocycles. The molecule has 0 radical (unpaired) electrons. The molecule has 1 aromatic carbocycles. The molecule has 6 nitrogen and oxygen atoms in total. The fraction of sp³-hybridized carbons (Fsp3) is 0.267. The van der Waals surface area contributed by atoms with E-state index in [-0.39, 0.29) is 18.5 Å². The smallest absolute Gasteiger partial charge is 0.254 e. The van der Waals surface area contributed by atoms with Crippen LogP contribution in [0.5, 0.6) is 5.75 Å². The molecular formula is C15H17ClN4O2. The van der Waals surface area contributed by atoms with Gasteiger partial charge in [-0.05, 0) is 37.6 Å². The standard InChI is InChI=1S/C15H17ClN4O2/c1-8-6-10(4-5-11(8)16)22-7-12-13(14(21)18-3)9(2)19-15(17)20-12/h4-6H,7H2,1-3H3,(H,18,21)(H2,17,19,20). The van der Waals surface area contributed by atoms with E-state index in [9.17, 15) is 4.79 Å². The van der Waals surface area contributed by atoms with Crippen molar-refractivity contribution in [3.8, 4) is 5.75 Å². The van der Waals surface area contributed by atoms with Crippen LogP contribution >= 0.6 is 11.6 Å². The quantitative estimate of drug-likeness (QED) is 0.902. The van der Waals surface area contributed by atoms with E-state index in [2.05, 4.69) is 15.3 Å². The lowest BCUT2D eigenvalue weighted by molar-refractivity contribution is 0.0959. The third-order valence-corrected chi connectivity index (χ3v) is 3.57. The van der Waals surface area contributed by atoms with E-state index in [1.54, 1.807) is 26.1 Å². The summed E-state index contributed by atoms with van der Waals surface area (Å²) in [5.41, 5.74) is 7.89. The van der Waals surface area contributed by atoms with Gasteiger partial charge in [-0.25, -0.2) is 9.97 Å². The van der Waals surface area contributed by atoms with Crippen molar-refractivity contribution in [1.29, 1.82) is 0 Å². The molecule has 22 heavy (non-hydrogen) atoms. The van der Waals surface area contributed by atoms with Crippen molar-refractivity contribution in [2.24, 2.45) is 0 Å². The van der Waals surface area contributed by atoms with Gasteiger partial charge in [0, 0.05) is 12.1 Å². The Morgan fingerprint density at radius 1 is 1.36 bits per heavy atom. The van der Waals surface area contributed by atoms with Crippen LogP contribution in [0.15, 0.2) is 18.2 Å². The first-order valence-corrected chi connectivity index (χ1v) is 7.04. The molecule has 0 unspecified atom stereocenters. The molecule has 1 heterocycles. The Balaban J connectivity index is 2.28. The summed E-state index contributed by atoms with van der Waals surface area (Å²) in [6.45, 7) is 3.70. The molecule has 0 spiro atoms. The highest BCUT2D eigenvalue weighted by Crippen LogP contribution is 2.22. The molecule has 1 aromatic heterocycles. The molecule has 0 saturated heterocycles. The van der Waals surface area contributed by atoms with Crippen LogP contribution in [-0.2, 0) is 6.61 Å². The Bertz CT molecular complexity index is 719. The van der Waals surface area contributed by atoms with Crippen LogP contribution in [0.1, 0.15) is 27.3 Å². The third kappa shape index (κ3) is 3.46. The molecule has 0 aliphatic rings. The zero-order chi connectivity index (χ0) is 16.3. The van der Waals surface area contributed by atoms with Crippen LogP contribution in [0.3, 0.4) is 0 Å². The molecule has 1 amide bonds. The number of halogens is 1. The molecule has 0 aliphatic carbocycles. The summed E-state index contributed by atoms with van der Waals surface area (Å²) in [5.74, 6) is 0.471. The van der Waals surface area contributed by atoms with Crippen LogP contribution in [-0.4, -0.2) is 22.9 Å². The number of hydrogen-bond donors (Lipinski definition) is 2. The summed E-state index contributed by atoms with van der Waals surface area (Å²) in [7, 11) is 1.55. The number of carbonyl (C=O) groups excluding carboxylic acids is 1. The van der Waals surface area contributed by atoms with Crippen molar-refractivity contribution in [1.82, 2.24) is 15.3 Å². The summed E-state index contributed by atoms with van der Waals surface area (Å²) in [4.78, 5) is 20.1. The minimum absolute atomic E-state index is 0.107. The van der Waals surface area contributed by atoms with Crippen LogP contribution < -0.4 is 15.8 Å². The third-order valence-electron chi connectivity index (χ3n) is 3.14. The Hall–Kier alpha value is -2.34. The number of aromatic nitrogens is 2. The van der Waals surface area contributed by atoms with Crippen molar-refractivity contribution in [2.45, 2.75) is 20.5 Å². The van der Waals surface area contributed by atoms with Gasteiger partial charge >= 0.3 is 0 Å². The number of nitrogens with zero attached hydrogens (tertiary/aromatic N) is 2. The minimum Gasteiger partial charge on any atom is -0.487 e. The van der Waals surface area contributed by atoms with E-state index in [1.807, 2.05) is 13.0 Å². The minimum atomic E-state index is -0.275. The Morgan fingerprint density at radius 3 is 2.73 bits per heavy atom.